The zero-order valence-electron chi connectivity index (χ0n) is 14.2. The van der Waals surface area contributed by atoms with Crippen molar-refractivity contribution in [3.8, 4) is 0 Å². The van der Waals surface area contributed by atoms with Crippen LogP contribution in [0.3, 0.4) is 0 Å². The van der Waals surface area contributed by atoms with Crippen LogP contribution in [-0.2, 0) is 16.4 Å². The van der Waals surface area contributed by atoms with Crippen LogP contribution in [0.1, 0.15) is 28.8 Å². The van der Waals surface area contributed by atoms with Gasteiger partial charge in [0.05, 0.1) is 4.90 Å². The molecule has 5 nitrogen and oxygen atoms in total. The van der Waals surface area contributed by atoms with E-state index in [0.717, 1.165) is 24.9 Å². The maximum Gasteiger partial charge on any atom is 0.251 e. The number of benzene rings is 2. The summed E-state index contributed by atoms with van der Waals surface area (Å²) in [6, 6.07) is 14.1. The lowest BCUT2D eigenvalue weighted by Crippen LogP contribution is -2.25. The zero-order chi connectivity index (χ0) is 17.9. The summed E-state index contributed by atoms with van der Waals surface area (Å²) >= 11 is 0. The van der Waals surface area contributed by atoms with Gasteiger partial charge in [-0.1, -0.05) is 18.2 Å². The summed E-state index contributed by atoms with van der Waals surface area (Å²) in [5.41, 5.74) is 2.71. The van der Waals surface area contributed by atoms with Gasteiger partial charge in [-0.25, -0.2) is 8.42 Å². The summed E-state index contributed by atoms with van der Waals surface area (Å²) in [5, 5.41) is 2.92. The van der Waals surface area contributed by atoms with Gasteiger partial charge in [0.15, 0.2) is 9.84 Å². The van der Waals surface area contributed by atoms with Crippen molar-refractivity contribution >= 4 is 21.4 Å². The van der Waals surface area contributed by atoms with Crippen LogP contribution in [-0.4, -0.2) is 33.7 Å². The molecule has 1 aliphatic rings. The average Bonchev–Trinajstić information content (AvgIpc) is 3.14. The first-order valence-corrected chi connectivity index (χ1v) is 10.3. The lowest BCUT2D eigenvalue weighted by molar-refractivity contribution is 0.0951. The Hall–Kier alpha value is -2.34. The second kappa shape index (κ2) is 7.27. The van der Waals surface area contributed by atoms with Gasteiger partial charge in [0.25, 0.3) is 5.91 Å². The van der Waals surface area contributed by atoms with Crippen molar-refractivity contribution in [2.24, 2.45) is 0 Å². The summed E-state index contributed by atoms with van der Waals surface area (Å²) in [6.45, 7) is 2.55. The first kappa shape index (κ1) is 17.5. The second-order valence-electron chi connectivity index (χ2n) is 6.30. The van der Waals surface area contributed by atoms with E-state index >= 15 is 0 Å². The van der Waals surface area contributed by atoms with E-state index in [2.05, 4.69) is 16.3 Å². The number of para-hydroxylation sites is 1. The Morgan fingerprint density at radius 3 is 2.32 bits per heavy atom. The lowest BCUT2D eigenvalue weighted by atomic mass is 10.1. The van der Waals surface area contributed by atoms with Crippen molar-refractivity contribution in [1.82, 2.24) is 5.32 Å². The van der Waals surface area contributed by atoms with Gasteiger partial charge in [0.1, 0.15) is 0 Å². The highest BCUT2D eigenvalue weighted by Gasteiger charge is 2.16. The molecule has 1 saturated heterocycles. The Labute approximate surface area is 148 Å². The molecule has 0 atom stereocenters. The topological polar surface area (TPSA) is 66.5 Å². The Balaban J connectivity index is 1.68. The highest BCUT2D eigenvalue weighted by molar-refractivity contribution is 7.90. The molecule has 2 aromatic carbocycles. The minimum absolute atomic E-state index is 0.212. The van der Waals surface area contributed by atoms with Crippen molar-refractivity contribution in [2.75, 3.05) is 24.2 Å². The van der Waals surface area contributed by atoms with E-state index in [1.165, 1.54) is 42.8 Å². The largest absolute Gasteiger partial charge is 0.371 e. The molecule has 0 radical (unpaired) electrons. The molecule has 1 N–H and O–H groups in total. The molecule has 0 unspecified atom stereocenters. The van der Waals surface area contributed by atoms with Crippen LogP contribution >= 0.6 is 0 Å². The zero-order valence-corrected chi connectivity index (χ0v) is 15.1. The third-order valence-corrected chi connectivity index (χ3v) is 5.55. The minimum Gasteiger partial charge on any atom is -0.371 e. The van der Waals surface area contributed by atoms with Gasteiger partial charge in [-0.3, -0.25) is 4.79 Å². The standard InChI is InChI=1S/C19H22N2O3S/c1-25(23,24)17-10-8-15(9-11-17)19(22)20-14-16-6-2-3-7-18(16)21-12-4-5-13-21/h2-3,6-11H,4-5,12-14H2,1H3,(H,20,22). The normalized spacial score (nSPS) is 14.5. The molecular formula is C19H22N2O3S. The highest BCUT2D eigenvalue weighted by atomic mass is 32.2. The summed E-state index contributed by atoms with van der Waals surface area (Å²) in [7, 11) is -3.25. The molecule has 6 heteroatoms. The number of amides is 1. The first-order valence-electron chi connectivity index (χ1n) is 8.36. The molecule has 2 aromatic rings. The quantitative estimate of drug-likeness (QED) is 0.892. The lowest BCUT2D eigenvalue weighted by Gasteiger charge is -2.21. The third-order valence-electron chi connectivity index (χ3n) is 4.42. The summed E-state index contributed by atoms with van der Waals surface area (Å²) in [4.78, 5) is 14.9. The van der Waals surface area contributed by atoms with Gasteiger partial charge in [-0.05, 0) is 48.7 Å². The number of carbonyl (C=O) groups is 1. The predicted molar refractivity (Wildman–Crippen MR) is 98.6 cm³/mol. The summed E-state index contributed by atoms with van der Waals surface area (Å²) in [5.74, 6) is -0.212. The number of nitrogens with zero attached hydrogens (tertiary/aromatic N) is 1. The number of hydrogen-bond acceptors (Lipinski definition) is 4. The van der Waals surface area contributed by atoms with E-state index in [1.807, 2.05) is 18.2 Å². The van der Waals surface area contributed by atoms with Crippen LogP contribution in [0.2, 0.25) is 0 Å². The fourth-order valence-electron chi connectivity index (χ4n) is 3.06. The van der Waals surface area contributed by atoms with Gasteiger partial charge < -0.3 is 10.2 Å². The number of sulfone groups is 1. The van der Waals surface area contributed by atoms with Crippen LogP contribution in [0.5, 0.6) is 0 Å². The van der Waals surface area contributed by atoms with Gasteiger partial charge in [-0.2, -0.15) is 0 Å². The Kier molecular flexibility index (Phi) is 5.08. The number of carbonyl (C=O) groups excluding carboxylic acids is 1. The molecule has 1 aliphatic heterocycles. The molecule has 0 spiro atoms. The second-order valence-corrected chi connectivity index (χ2v) is 8.32. The minimum atomic E-state index is -3.25. The summed E-state index contributed by atoms with van der Waals surface area (Å²) in [6.07, 6.45) is 3.55. The molecule has 25 heavy (non-hydrogen) atoms. The van der Waals surface area contributed by atoms with Crippen LogP contribution in [0.25, 0.3) is 0 Å². The van der Waals surface area contributed by atoms with Gasteiger partial charge in [-0.15, -0.1) is 0 Å². The number of rotatable bonds is 5. The molecule has 1 fully saturated rings. The maximum absolute atomic E-state index is 12.3. The number of nitrogens with one attached hydrogen (secondary N) is 1. The number of anilines is 1. The first-order chi connectivity index (χ1) is 11.9. The van der Waals surface area contributed by atoms with Crippen molar-refractivity contribution < 1.29 is 13.2 Å². The summed E-state index contributed by atoms with van der Waals surface area (Å²) < 4.78 is 23.0. The SMILES string of the molecule is CS(=O)(=O)c1ccc(C(=O)NCc2ccccc2N2CCCC2)cc1. The molecule has 1 amide bonds. The van der Waals surface area contributed by atoms with Crippen molar-refractivity contribution in [1.29, 1.82) is 0 Å². The van der Waals surface area contributed by atoms with Gasteiger partial charge in [0.2, 0.25) is 0 Å². The van der Waals surface area contributed by atoms with E-state index in [4.69, 9.17) is 0 Å². The van der Waals surface area contributed by atoms with Gasteiger partial charge in [0, 0.05) is 37.1 Å². The maximum atomic E-state index is 12.3. The average molecular weight is 358 g/mol. The predicted octanol–water partition coefficient (Wildman–Crippen LogP) is 2.62. The Morgan fingerprint density at radius 1 is 1.04 bits per heavy atom. The number of hydrogen-bond donors (Lipinski definition) is 1. The van der Waals surface area contributed by atoms with Crippen molar-refractivity contribution in [2.45, 2.75) is 24.3 Å². The molecule has 0 saturated carbocycles. The van der Waals surface area contributed by atoms with Crippen LogP contribution in [0, 0.1) is 0 Å². The highest BCUT2D eigenvalue weighted by Crippen LogP contribution is 2.24. The molecule has 3 rings (SSSR count). The Morgan fingerprint density at radius 2 is 1.68 bits per heavy atom. The molecule has 132 valence electrons. The molecule has 0 bridgehead atoms. The van der Waals surface area contributed by atoms with E-state index in [1.54, 1.807) is 0 Å². The van der Waals surface area contributed by atoms with Crippen LogP contribution < -0.4 is 10.2 Å². The fourth-order valence-corrected chi connectivity index (χ4v) is 3.69. The molecule has 1 heterocycles. The Bertz CT molecular complexity index is 854. The smallest absolute Gasteiger partial charge is 0.251 e. The van der Waals surface area contributed by atoms with Gasteiger partial charge >= 0.3 is 0 Å². The monoisotopic (exact) mass is 358 g/mol. The third kappa shape index (κ3) is 4.20. The van der Waals surface area contributed by atoms with E-state index < -0.39 is 9.84 Å². The van der Waals surface area contributed by atoms with E-state index in [9.17, 15) is 13.2 Å². The fraction of sp³-hybridized carbons (Fsp3) is 0.316. The van der Waals surface area contributed by atoms with Crippen molar-refractivity contribution in [3.05, 3.63) is 59.7 Å². The van der Waals surface area contributed by atoms with Crippen LogP contribution in [0.15, 0.2) is 53.4 Å². The molecule has 0 aliphatic carbocycles. The van der Waals surface area contributed by atoms with E-state index in [-0.39, 0.29) is 10.8 Å². The van der Waals surface area contributed by atoms with Crippen molar-refractivity contribution in [3.63, 3.8) is 0 Å². The van der Waals surface area contributed by atoms with Crippen LogP contribution in [0.4, 0.5) is 5.69 Å². The van der Waals surface area contributed by atoms with E-state index in [0.29, 0.717) is 12.1 Å². The molecular weight excluding hydrogens is 336 g/mol. The molecule has 0 aromatic heterocycles.